The largest absolute Gasteiger partial charge is 0.316 e. The third-order valence-corrected chi connectivity index (χ3v) is 9.12. The molecule has 0 unspecified atom stereocenters. The molecule has 0 saturated carbocycles. The number of benzene rings is 2. The van der Waals surface area contributed by atoms with Gasteiger partial charge in [-0.2, -0.15) is 0 Å². The summed E-state index contributed by atoms with van der Waals surface area (Å²) >= 11 is 9.66. The van der Waals surface area contributed by atoms with Crippen molar-refractivity contribution < 1.29 is 9.05 Å². The highest BCUT2D eigenvalue weighted by Gasteiger charge is 2.19. The van der Waals surface area contributed by atoms with Gasteiger partial charge in [0.1, 0.15) is 0 Å². The van der Waals surface area contributed by atoms with Gasteiger partial charge >= 0.3 is 0 Å². The maximum Gasteiger partial charge on any atom is 0.258 e. The van der Waals surface area contributed by atoms with Gasteiger partial charge in [-0.15, -0.1) is 11.7 Å². The second-order valence-electron chi connectivity index (χ2n) is 4.05. The van der Waals surface area contributed by atoms with Crippen molar-refractivity contribution in [3.63, 3.8) is 0 Å². The van der Waals surface area contributed by atoms with Crippen LogP contribution in [0.4, 0.5) is 0 Å². The summed E-state index contributed by atoms with van der Waals surface area (Å²) in [6.07, 6.45) is 0. The van der Waals surface area contributed by atoms with Crippen molar-refractivity contribution in [2.45, 2.75) is 13.2 Å². The standard InChI is InChI=1S/C14H15O2PS3/c18-17(20-19,15-11-13-7-3-1-4-8-13)16-12-14-9-5-2-6-10-14/h1-10,19H,11-12H2. The number of thiol groups is 1. The van der Waals surface area contributed by atoms with E-state index in [-0.39, 0.29) is 0 Å². The lowest BCUT2D eigenvalue weighted by Gasteiger charge is -2.19. The zero-order chi connectivity index (χ0) is 14.3. The normalized spacial score (nSPS) is 11.4. The van der Waals surface area contributed by atoms with E-state index in [2.05, 4.69) is 11.7 Å². The fourth-order valence-electron chi connectivity index (χ4n) is 1.54. The molecule has 106 valence electrons. The van der Waals surface area contributed by atoms with Crippen LogP contribution < -0.4 is 0 Å². The first kappa shape index (κ1) is 16.1. The molecule has 20 heavy (non-hydrogen) atoms. The molecule has 0 saturated heterocycles. The Hall–Kier alpha value is -0.290. The summed E-state index contributed by atoms with van der Waals surface area (Å²) in [5, 5.41) is 0. The Labute approximate surface area is 133 Å². The first-order valence-corrected chi connectivity index (χ1v) is 11.1. The van der Waals surface area contributed by atoms with Gasteiger partial charge in [-0.1, -0.05) is 60.7 Å². The second kappa shape index (κ2) is 8.23. The van der Waals surface area contributed by atoms with Crippen LogP contribution >= 0.6 is 27.8 Å². The lowest BCUT2D eigenvalue weighted by Crippen LogP contribution is -1.94. The Kier molecular flexibility index (Phi) is 6.62. The minimum absolute atomic E-state index is 0.445. The Balaban J connectivity index is 1.90. The Bertz CT molecular complexity index is 516. The van der Waals surface area contributed by atoms with Crippen LogP contribution in [0.5, 0.6) is 0 Å². The summed E-state index contributed by atoms with van der Waals surface area (Å²) in [5.41, 5.74) is -0.264. The van der Waals surface area contributed by atoms with Crippen LogP contribution in [0.3, 0.4) is 0 Å². The molecular weight excluding hydrogens is 327 g/mol. The molecule has 2 rings (SSSR count). The third-order valence-electron chi connectivity index (χ3n) is 2.56. The summed E-state index contributed by atoms with van der Waals surface area (Å²) in [6.45, 7) is 0.890. The molecule has 0 aliphatic heterocycles. The molecule has 0 spiro atoms. The van der Waals surface area contributed by atoms with E-state index in [1.807, 2.05) is 60.7 Å². The molecule has 0 atom stereocenters. The van der Waals surface area contributed by atoms with Crippen LogP contribution in [0.15, 0.2) is 60.7 Å². The van der Waals surface area contributed by atoms with Gasteiger partial charge in [0, 0.05) is 0 Å². The number of hydrogen-bond acceptors (Lipinski definition) is 5. The average molecular weight is 342 g/mol. The Morgan fingerprint density at radius 3 is 1.60 bits per heavy atom. The third kappa shape index (κ3) is 5.24. The van der Waals surface area contributed by atoms with E-state index in [9.17, 15) is 0 Å². The minimum atomic E-state index is -2.42. The van der Waals surface area contributed by atoms with Gasteiger partial charge in [0.25, 0.3) is 5.69 Å². The predicted molar refractivity (Wildman–Crippen MR) is 93.3 cm³/mol. The summed E-state index contributed by atoms with van der Waals surface area (Å²) in [4.78, 5) is 0. The van der Waals surface area contributed by atoms with Crippen LogP contribution in [0.2, 0.25) is 0 Å². The lowest BCUT2D eigenvalue weighted by molar-refractivity contribution is 0.246. The van der Waals surface area contributed by atoms with Crippen molar-refractivity contribution in [2.75, 3.05) is 0 Å². The van der Waals surface area contributed by atoms with E-state index >= 15 is 0 Å². The molecule has 0 bridgehead atoms. The molecule has 2 aromatic carbocycles. The van der Waals surface area contributed by atoms with E-state index in [1.54, 1.807) is 0 Å². The quantitative estimate of drug-likeness (QED) is 0.422. The first-order chi connectivity index (χ1) is 9.72. The summed E-state index contributed by atoms with van der Waals surface area (Å²) in [6, 6.07) is 19.8. The first-order valence-electron chi connectivity index (χ1n) is 6.02. The van der Waals surface area contributed by atoms with Crippen molar-refractivity contribution in [3.8, 4) is 0 Å². The second-order valence-corrected chi connectivity index (χ2v) is 11.2. The lowest BCUT2D eigenvalue weighted by atomic mass is 10.2. The molecule has 6 heteroatoms. The minimum Gasteiger partial charge on any atom is -0.316 e. The van der Waals surface area contributed by atoms with Gasteiger partial charge < -0.3 is 9.05 Å². The fourth-order valence-corrected chi connectivity index (χ4v) is 4.09. The van der Waals surface area contributed by atoms with E-state index in [0.717, 1.165) is 11.1 Å². The molecule has 2 aromatic rings. The van der Waals surface area contributed by atoms with Gasteiger partial charge in [-0.05, 0) is 33.3 Å². The topological polar surface area (TPSA) is 18.5 Å². The molecule has 0 heterocycles. The molecule has 0 radical (unpaired) electrons. The monoisotopic (exact) mass is 342 g/mol. The van der Waals surface area contributed by atoms with Crippen molar-refractivity contribution in [2.24, 2.45) is 0 Å². The molecule has 0 aliphatic rings. The summed E-state index contributed by atoms with van der Waals surface area (Å²) in [7, 11) is 1.19. The number of hydrogen-bond donors (Lipinski definition) is 1. The van der Waals surface area contributed by atoms with Crippen LogP contribution in [0.1, 0.15) is 11.1 Å². The number of rotatable bonds is 7. The molecule has 0 aliphatic carbocycles. The zero-order valence-corrected chi connectivity index (χ0v) is 14.1. The van der Waals surface area contributed by atoms with Crippen molar-refractivity contribution in [1.29, 1.82) is 0 Å². The van der Waals surface area contributed by atoms with Crippen LogP contribution in [0.25, 0.3) is 0 Å². The molecule has 0 aromatic heterocycles. The SMILES string of the molecule is S=P(OCc1ccccc1)(OCc1ccccc1)SS. The molecular formula is C14H15O2PS3. The van der Waals surface area contributed by atoms with E-state index in [4.69, 9.17) is 20.9 Å². The van der Waals surface area contributed by atoms with Gasteiger partial charge in [0.15, 0.2) is 0 Å². The smallest absolute Gasteiger partial charge is 0.258 e. The average Bonchev–Trinajstić information content (AvgIpc) is 2.53. The van der Waals surface area contributed by atoms with Crippen LogP contribution in [0, 0.1) is 0 Å². The van der Waals surface area contributed by atoms with Gasteiger partial charge in [-0.3, -0.25) is 0 Å². The van der Waals surface area contributed by atoms with Gasteiger partial charge in [0.05, 0.1) is 13.2 Å². The van der Waals surface area contributed by atoms with E-state index < -0.39 is 5.69 Å². The fraction of sp³-hybridized carbons (Fsp3) is 0.143. The highest BCUT2D eigenvalue weighted by Crippen LogP contribution is 2.63. The highest BCUT2D eigenvalue weighted by atomic mass is 33.4. The van der Waals surface area contributed by atoms with E-state index in [0.29, 0.717) is 13.2 Å². The van der Waals surface area contributed by atoms with Crippen molar-refractivity contribution in [1.82, 2.24) is 0 Å². The van der Waals surface area contributed by atoms with Crippen molar-refractivity contribution in [3.05, 3.63) is 71.8 Å². The maximum atomic E-state index is 5.78. The van der Waals surface area contributed by atoms with E-state index in [1.165, 1.54) is 10.4 Å². The predicted octanol–water partition coefficient (Wildman–Crippen LogP) is 5.22. The van der Waals surface area contributed by atoms with Crippen molar-refractivity contribution >= 4 is 39.6 Å². The zero-order valence-electron chi connectivity index (χ0n) is 10.7. The van der Waals surface area contributed by atoms with Crippen LogP contribution in [-0.4, -0.2) is 0 Å². The molecule has 0 amide bonds. The maximum absolute atomic E-state index is 5.78. The Morgan fingerprint density at radius 2 is 1.25 bits per heavy atom. The Morgan fingerprint density at radius 1 is 0.850 bits per heavy atom. The summed E-state index contributed by atoms with van der Waals surface area (Å²) < 4.78 is 11.6. The molecule has 0 fully saturated rings. The molecule has 0 N–H and O–H groups in total. The van der Waals surface area contributed by atoms with Gasteiger partial charge in [-0.25, -0.2) is 0 Å². The highest BCUT2D eigenvalue weighted by molar-refractivity contribution is 8.98. The summed E-state index contributed by atoms with van der Waals surface area (Å²) in [5.74, 6) is 0. The molecule has 2 nitrogen and oxygen atoms in total. The van der Waals surface area contributed by atoms with Gasteiger partial charge in [0.2, 0.25) is 0 Å². The van der Waals surface area contributed by atoms with Crippen LogP contribution in [-0.2, 0) is 34.1 Å².